The van der Waals surface area contributed by atoms with Gasteiger partial charge in [-0.1, -0.05) is 0 Å². The molecule has 0 radical (unpaired) electrons. The van der Waals surface area contributed by atoms with Crippen LogP contribution in [-0.4, -0.2) is 51.6 Å². The number of unbranched alkanes of at least 4 members (excludes halogenated alkanes) is 3. The van der Waals surface area contributed by atoms with Crippen molar-refractivity contribution in [2.45, 2.75) is 119 Å². The van der Waals surface area contributed by atoms with Crippen LogP contribution < -0.4 is 0 Å². The van der Waals surface area contributed by atoms with Gasteiger partial charge in [-0.25, -0.2) is 0 Å². The summed E-state index contributed by atoms with van der Waals surface area (Å²) in [4.78, 5) is 0. The van der Waals surface area contributed by atoms with Crippen molar-refractivity contribution < 1.29 is 14.2 Å². The Bertz CT molecular complexity index is 481. The van der Waals surface area contributed by atoms with Crippen LogP contribution in [0.15, 0.2) is 21.8 Å². The van der Waals surface area contributed by atoms with E-state index in [4.69, 9.17) is 14.2 Å². The summed E-state index contributed by atoms with van der Waals surface area (Å²) in [5, 5.41) is 0. The van der Waals surface area contributed by atoms with E-state index in [1.54, 1.807) is 27.5 Å². The molecule has 0 aliphatic carbocycles. The van der Waals surface area contributed by atoms with Gasteiger partial charge >= 0.3 is 199 Å². The van der Waals surface area contributed by atoms with Crippen LogP contribution in [0, 0.1) is 11.8 Å². The fourth-order valence-corrected chi connectivity index (χ4v) is 19.6. The van der Waals surface area contributed by atoms with Gasteiger partial charge in [0, 0.05) is 7.11 Å². The zero-order valence-corrected chi connectivity index (χ0v) is 25.9. The molecule has 0 unspecified atom stereocenters. The molecule has 3 nitrogen and oxygen atoms in total. The van der Waals surface area contributed by atoms with E-state index in [0.29, 0.717) is 18.6 Å². The predicted molar refractivity (Wildman–Crippen MR) is 144 cm³/mol. The summed E-state index contributed by atoms with van der Waals surface area (Å²) in [5.74, 6) is 0.905. The Labute approximate surface area is 205 Å². The Balaban J connectivity index is 5.19. The van der Waals surface area contributed by atoms with E-state index in [1.165, 1.54) is 44.1 Å². The van der Waals surface area contributed by atoms with E-state index in [0.717, 1.165) is 6.42 Å². The van der Waals surface area contributed by atoms with Crippen molar-refractivity contribution in [3.8, 4) is 0 Å². The minimum atomic E-state index is -2.18. The van der Waals surface area contributed by atoms with Crippen molar-refractivity contribution >= 4 is 18.4 Å². The summed E-state index contributed by atoms with van der Waals surface area (Å²) in [5.41, 5.74) is 1.45. The van der Waals surface area contributed by atoms with Crippen molar-refractivity contribution in [2.24, 2.45) is 11.8 Å². The molecule has 0 bridgehead atoms. The zero-order chi connectivity index (χ0) is 24.4. The molecule has 0 aromatic rings. The third kappa shape index (κ3) is 13.8. The van der Waals surface area contributed by atoms with Crippen molar-refractivity contribution in [2.75, 3.05) is 21.0 Å². The van der Waals surface area contributed by atoms with E-state index < -0.39 is 18.4 Å². The van der Waals surface area contributed by atoms with Crippen LogP contribution in [-0.2, 0) is 14.2 Å². The zero-order valence-electron chi connectivity index (χ0n) is 23.0. The van der Waals surface area contributed by atoms with E-state index in [-0.39, 0.29) is 12.2 Å². The molecule has 4 atom stereocenters. The monoisotopic (exact) mass is 560 g/mol. The van der Waals surface area contributed by atoms with Crippen LogP contribution in [0.1, 0.15) is 93.4 Å². The molecule has 0 aliphatic heterocycles. The quantitative estimate of drug-likeness (QED) is 0.0850. The summed E-state index contributed by atoms with van der Waals surface area (Å²) in [6, 6.07) is 0. The SMILES string of the molecule is CCC[CH2][Sn](/[CH]=C/[C@@H](C)C/C(C)=C/[C@H](C)[C@@H](OC)[C@@H](C)OCOC)([CH2]CCC)[CH2]CCC. The van der Waals surface area contributed by atoms with Crippen molar-refractivity contribution in [1.29, 1.82) is 0 Å². The van der Waals surface area contributed by atoms with Crippen molar-refractivity contribution in [1.82, 2.24) is 0 Å². The molecular formula is C28H56O3Sn. The molecular weight excluding hydrogens is 503 g/mol. The Morgan fingerprint density at radius 2 is 1.41 bits per heavy atom. The first-order valence-corrected chi connectivity index (χ1v) is 21.0. The molecule has 4 heteroatoms. The summed E-state index contributed by atoms with van der Waals surface area (Å²) in [7, 11) is 3.43. The average molecular weight is 559 g/mol. The molecule has 0 aliphatic rings. The van der Waals surface area contributed by atoms with Gasteiger partial charge in [0.05, 0.1) is 0 Å². The summed E-state index contributed by atoms with van der Waals surface area (Å²) < 4.78 is 24.0. The number of allylic oxidation sites excluding steroid dienone is 2. The Morgan fingerprint density at radius 1 is 0.875 bits per heavy atom. The summed E-state index contributed by atoms with van der Waals surface area (Å²) in [6.45, 7) is 16.3. The Hall–Kier alpha value is 0.159. The summed E-state index contributed by atoms with van der Waals surface area (Å²) >= 11 is -2.18. The van der Waals surface area contributed by atoms with Gasteiger partial charge in [0.1, 0.15) is 0 Å². The fraction of sp³-hybridized carbons (Fsp3) is 0.857. The maximum atomic E-state index is 5.75. The van der Waals surface area contributed by atoms with E-state index in [9.17, 15) is 0 Å². The molecule has 0 fully saturated rings. The first-order chi connectivity index (χ1) is 15.3. The van der Waals surface area contributed by atoms with E-state index in [2.05, 4.69) is 64.7 Å². The second-order valence-electron chi connectivity index (χ2n) is 10.1. The molecule has 190 valence electrons. The first-order valence-electron chi connectivity index (χ1n) is 13.3. The maximum absolute atomic E-state index is 5.75. The van der Waals surface area contributed by atoms with Crippen molar-refractivity contribution in [3.05, 3.63) is 21.8 Å². The molecule has 0 saturated carbocycles. The fourth-order valence-electron chi connectivity index (χ4n) is 4.87. The first kappa shape index (κ1) is 32.2. The number of ether oxygens (including phenoxy) is 3. The number of rotatable bonds is 20. The molecule has 0 aromatic carbocycles. The second kappa shape index (κ2) is 19.5. The summed E-state index contributed by atoms with van der Waals surface area (Å²) in [6.07, 6.45) is 14.5. The normalized spacial score (nSPS) is 17.0. The number of hydrogen-bond donors (Lipinski definition) is 0. The van der Waals surface area contributed by atoms with Gasteiger partial charge in [0.2, 0.25) is 0 Å². The third-order valence-electron chi connectivity index (χ3n) is 6.76. The van der Waals surface area contributed by atoms with Crippen LogP contribution in [0.2, 0.25) is 13.3 Å². The van der Waals surface area contributed by atoms with Crippen LogP contribution in [0.4, 0.5) is 0 Å². The number of methoxy groups -OCH3 is 2. The molecule has 0 N–H and O–H groups in total. The van der Waals surface area contributed by atoms with Gasteiger partial charge in [-0.15, -0.1) is 0 Å². The molecule has 0 amide bonds. The van der Waals surface area contributed by atoms with E-state index >= 15 is 0 Å². The second-order valence-corrected chi connectivity index (χ2v) is 23.1. The van der Waals surface area contributed by atoms with Gasteiger partial charge in [-0.3, -0.25) is 0 Å². The molecule has 0 heterocycles. The molecule has 0 rings (SSSR count). The van der Waals surface area contributed by atoms with Gasteiger partial charge in [0.25, 0.3) is 0 Å². The number of hydrogen-bond acceptors (Lipinski definition) is 3. The predicted octanol–water partition coefficient (Wildman–Crippen LogP) is 8.56. The van der Waals surface area contributed by atoms with Crippen LogP contribution in [0.5, 0.6) is 0 Å². The minimum absolute atomic E-state index is 0.00158. The van der Waals surface area contributed by atoms with Gasteiger partial charge in [-0.2, -0.15) is 0 Å². The average Bonchev–Trinajstić information content (AvgIpc) is 2.77. The van der Waals surface area contributed by atoms with Gasteiger partial charge in [0.15, 0.2) is 0 Å². The van der Waals surface area contributed by atoms with Gasteiger partial charge < -0.3 is 0 Å². The topological polar surface area (TPSA) is 27.7 Å². The Morgan fingerprint density at radius 3 is 1.84 bits per heavy atom. The molecule has 0 saturated heterocycles. The molecule has 0 aromatic heterocycles. The Kier molecular flexibility index (Phi) is 19.6. The van der Waals surface area contributed by atoms with Crippen LogP contribution in [0.3, 0.4) is 0 Å². The van der Waals surface area contributed by atoms with Crippen LogP contribution >= 0.6 is 0 Å². The molecule has 32 heavy (non-hydrogen) atoms. The third-order valence-corrected chi connectivity index (χ3v) is 20.9. The standard InChI is InChI=1S/C16H29O3.3C4H9.Sn/c1-8-12(2)9-13(3)10-14(4)16(18-7)15(5)19-11-17-6;3*1-3-4-2;/h1,8,10,12,14-16H,9,11H2,2-7H3;3*1,3-4H2,2H3;/b8-1?,13-10+;;;;/t12-,14+,15-,16-;;;;/m1..../s1. The van der Waals surface area contributed by atoms with Gasteiger partial charge in [-0.05, 0) is 0 Å². The van der Waals surface area contributed by atoms with E-state index in [1.807, 2.05) is 0 Å². The van der Waals surface area contributed by atoms with Crippen LogP contribution in [0.25, 0.3) is 0 Å². The molecule has 0 spiro atoms. The van der Waals surface area contributed by atoms with Crippen molar-refractivity contribution in [3.63, 3.8) is 0 Å².